The first-order chi connectivity index (χ1) is 8.78. The van der Waals surface area contributed by atoms with Gasteiger partial charge in [-0.1, -0.05) is 23.9 Å². The molecule has 1 aliphatic rings. The van der Waals surface area contributed by atoms with Crippen molar-refractivity contribution in [1.82, 2.24) is 14.9 Å². The molecule has 0 bridgehead atoms. The second-order valence-electron chi connectivity index (χ2n) is 4.13. The van der Waals surface area contributed by atoms with Crippen LogP contribution in [-0.2, 0) is 0 Å². The molecule has 5 nitrogen and oxygen atoms in total. The zero-order valence-corrected chi connectivity index (χ0v) is 11.1. The van der Waals surface area contributed by atoms with Crippen LogP contribution in [0.2, 0.25) is 0 Å². The molecule has 0 spiro atoms. The number of thioether (sulfide) groups is 1. The summed E-state index contributed by atoms with van der Waals surface area (Å²) in [5.41, 5.74) is 4.64. The van der Waals surface area contributed by atoms with Gasteiger partial charge in [-0.3, -0.25) is 0 Å². The third-order valence-corrected chi connectivity index (χ3v) is 3.98. The Labute approximate surface area is 110 Å². The Morgan fingerprint density at radius 1 is 1.44 bits per heavy atom. The summed E-state index contributed by atoms with van der Waals surface area (Å²) in [6.07, 6.45) is 0. The molecular weight excluding hydrogens is 248 g/mol. The van der Waals surface area contributed by atoms with Gasteiger partial charge in [-0.05, 0) is 24.6 Å². The maximum Gasteiger partial charge on any atom is 0.210 e. The third-order valence-electron chi connectivity index (χ3n) is 2.96. The fourth-order valence-corrected chi connectivity index (χ4v) is 2.96. The van der Waals surface area contributed by atoms with Crippen LogP contribution >= 0.6 is 11.8 Å². The Morgan fingerprint density at radius 3 is 3.17 bits per heavy atom. The van der Waals surface area contributed by atoms with Crippen molar-refractivity contribution in [3.05, 3.63) is 35.7 Å². The van der Waals surface area contributed by atoms with E-state index in [1.165, 1.54) is 5.56 Å². The highest BCUT2D eigenvalue weighted by Crippen LogP contribution is 2.30. The van der Waals surface area contributed by atoms with E-state index in [-0.39, 0.29) is 6.04 Å². The average Bonchev–Trinajstić information content (AvgIpc) is 2.80. The van der Waals surface area contributed by atoms with E-state index < -0.39 is 0 Å². The van der Waals surface area contributed by atoms with E-state index in [2.05, 4.69) is 27.8 Å². The van der Waals surface area contributed by atoms with E-state index in [1.807, 2.05) is 23.7 Å². The summed E-state index contributed by atoms with van der Waals surface area (Å²) in [5, 5.41) is 9.09. The quantitative estimate of drug-likeness (QED) is 0.897. The first kappa shape index (κ1) is 11.4. The number of aromatic nitrogens is 3. The second kappa shape index (κ2) is 4.53. The van der Waals surface area contributed by atoms with Crippen LogP contribution in [0.5, 0.6) is 5.75 Å². The molecule has 3 rings (SSSR count). The SMILES string of the molecule is COc1cccc([C@H]2CSc3nnc(C)n3N2)c1. The second-order valence-corrected chi connectivity index (χ2v) is 5.12. The average molecular weight is 262 g/mol. The Hall–Kier alpha value is -1.69. The summed E-state index contributed by atoms with van der Waals surface area (Å²) in [7, 11) is 1.68. The molecule has 0 amide bonds. The zero-order chi connectivity index (χ0) is 12.5. The largest absolute Gasteiger partial charge is 0.497 e. The van der Waals surface area contributed by atoms with Crippen LogP contribution < -0.4 is 10.2 Å². The molecule has 6 heteroatoms. The van der Waals surface area contributed by atoms with Crippen molar-refractivity contribution in [3.8, 4) is 5.75 Å². The lowest BCUT2D eigenvalue weighted by Gasteiger charge is -2.26. The van der Waals surface area contributed by atoms with Crippen molar-refractivity contribution in [1.29, 1.82) is 0 Å². The van der Waals surface area contributed by atoms with E-state index in [1.54, 1.807) is 18.9 Å². The summed E-state index contributed by atoms with van der Waals surface area (Å²) >= 11 is 1.71. The Balaban J connectivity index is 1.88. The molecule has 0 aliphatic carbocycles. The van der Waals surface area contributed by atoms with Crippen LogP contribution in [-0.4, -0.2) is 27.7 Å². The normalized spacial score (nSPS) is 18.0. The van der Waals surface area contributed by atoms with Crippen LogP contribution in [0.15, 0.2) is 29.4 Å². The van der Waals surface area contributed by atoms with Crippen molar-refractivity contribution < 1.29 is 4.74 Å². The molecule has 2 aromatic rings. The maximum atomic E-state index is 5.26. The lowest BCUT2D eigenvalue weighted by molar-refractivity contribution is 0.414. The van der Waals surface area contributed by atoms with Crippen molar-refractivity contribution in [2.24, 2.45) is 0 Å². The Morgan fingerprint density at radius 2 is 2.33 bits per heavy atom. The number of hydrogen-bond acceptors (Lipinski definition) is 5. The van der Waals surface area contributed by atoms with Gasteiger partial charge < -0.3 is 10.2 Å². The van der Waals surface area contributed by atoms with Crippen molar-refractivity contribution >= 4 is 11.8 Å². The van der Waals surface area contributed by atoms with Gasteiger partial charge in [0, 0.05) is 5.75 Å². The first-order valence-electron chi connectivity index (χ1n) is 5.73. The molecule has 1 aliphatic heterocycles. The van der Waals surface area contributed by atoms with Crippen LogP contribution in [0.1, 0.15) is 17.4 Å². The number of nitrogens with zero attached hydrogens (tertiary/aromatic N) is 3. The predicted octanol–water partition coefficient (Wildman–Crippen LogP) is 1.99. The van der Waals surface area contributed by atoms with E-state index in [0.29, 0.717) is 0 Å². The van der Waals surface area contributed by atoms with Gasteiger partial charge in [0.05, 0.1) is 13.2 Å². The molecule has 1 N–H and O–H groups in total. The number of ether oxygens (including phenoxy) is 1. The van der Waals surface area contributed by atoms with Gasteiger partial charge in [-0.15, -0.1) is 10.2 Å². The van der Waals surface area contributed by atoms with E-state index >= 15 is 0 Å². The minimum Gasteiger partial charge on any atom is -0.497 e. The number of hydrogen-bond donors (Lipinski definition) is 1. The molecule has 1 atom stereocenters. The number of benzene rings is 1. The summed E-state index contributed by atoms with van der Waals surface area (Å²) in [6.45, 7) is 1.94. The Kier molecular flexibility index (Phi) is 2.87. The summed E-state index contributed by atoms with van der Waals surface area (Å²) < 4.78 is 7.20. The first-order valence-corrected chi connectivity index (χ1v) is 6.72. The van der Waals surface area contributed by atoms with Crippen molar-refractivity contribution in [3.63, 3.8) is 0 Å². The molecule has 94 valence electrons. The third kappa shape index (κ3) is 1.92. The smallest absolute Gasteiger partial charge is 0.210 e. The van der Waals surface area contributed by atoms with Crippen LogP contribution in [0.25, 0.3) is 0 Å². The van der Waals surface area contributed by atoms with Crippen molar-refractivity contribution in [2.75, 3.05) is 18.3 Å². The lowest BCUT2D eigenvalue weighted by Crippen LogP contribution is -2.28. The molecule has 1 aromatic heterocycles. The molecule has 18 heavy (non-hydrogen) atoms. The molecule has 2 heterocycles. The summed E-state index contributed by atoms with van der Waals surface area (Å²) in [4.78, 5) is 0. The number of fused-ring (bicyclic) bond motifs is 1. The van der Waals surface area contributed by atoms with E-state index in [9.17, 15) is 0 Å². The van der Waals surface area contributed by atoms with Gasteiger partial charge in [0.15, 0.2) is 0 Å². The highest BCUT2D eigenvalue weighted by molar-refractivity contribution is 7.99. The van der Waals surface area contributed by atoms with Crippen LogP contribution in [0, 0.1) is 6.92 Å². The Bertz CT molecular complexity index is 569. The molecule has 1 aromatic carbocycles. The topological polar surface area (TPSA) is 52.0 Å². The predicted molar refractivity (Wildman–Crippen MR) is 70.6 cm³/mol. The molecular formula is C12H14N4OS. The van der Waals surface area contributed by atoms with E-state index in [4.69, 9.17) is 4.74 Å². The number of methoxy groups -OCH3 is 1. The molecule has 0 radical (unpaired) electrons. The van der Waals surface area contributed by atoms with Gasteiger partial charge in [-0.2, -0.15) is 0 Å². The van der Waals surface area contributed by atoms with E-state index in [0.717, 1.165) is 22.5 Å². The standard InChI is InChI=1S/C12H14N4OS/c1-8-13-14-12-16(8)15-11(7-18-12)9-4-3-5-10(6-9)17-2/h3-6,11,15H,7H2,1-2H3/t11-/m1/s1. The van der Waals surface area contributed by atoms with Crippen LogP contribution in [0.3, 0.4) is 0 Å². The molecule has 0 saturated carbocycles. The van der Waals surface area contributed by atoms with Gasteiger partial charge in [0.25, 0.3) is 0 Å². The summed E-state index contributed by atoms with van der Waals surface area (Å²) in [5.74, 6) is 2.70. The minimum atomic E-state index is 0.243. The summed E-state index contributed by atoms with van der Waals surface area (Å²) in [6, 6.07) is 8.37. The highest BCUT2D eigenvalue weighted by Gasteiger charge is 2.22. The molecule has 0 fully saturated rings. The molecule has 0 saturated heterocycles. The van der Waals surface area contributed by atoms with Crippen LogP contribution in [0.4, 0.5) is 0 Å². The number of nitrogens with one attached hydrogen (secondary N) is 1. The number of aryl methyl sites for hydroxylation is 1. The van der Waals surface area contributed by atoms with Crippen molar-refractivity contribution in [2.45, 2.75) is 18.1 Å². The fraction of sp³-hybridized carbons (Fsp3) is 0.333. The van der Waals surface area contributed by atoms with Gasteiger partial charge in [-0.25, -0.2) is 4.68 Å². The monoisotopic (exact) mass is 262 g/mol. The lowest BCUT2D eigenvalue weighted by atomic mass is 10.1. The van der Waals surface area contributed by atoms with Gasteiger partial charge in [0.1, 0.15) is 11.6 Å². The minimum absolute atomic E-state index is 0.243. The fourth-order valence-electron chi connectivity index (χ4n) is 1.97. The maximum absolute atomic E-state index is 5.26. The number of rotatable bonds is 2. The molecule has 0 unspecified atom stereocenters. The highest BCUT2D eigenvalue weighted by atomic mass is 32.2. The zero-order valence-electron chi connectivity index (χ0n) is 10.3. The van der Waals surface area contributed by atoms with Gasteiger partial charge >= 0.3 is 0 Å². The van der Waals surface area contributed by atoms with Gasteiger partial charge in [0.2, 0.25) is 5.16 Å².